The number of nitrogens with zero attached hydrogens (tertiary/aromatic N) is 4. The van der Waals surface area contributed by atoms with Gasteiger partial charge in [0.2, 0.25) is 5.88 Å². The molecule has 1 aromatic carbocycles. The fourth-order valence-electron chi connectivity index (χ4n) is 2.58. The quantitative estimate of drug-likeness (QED) is 0.425. The lowest BCUT2D eigenvalue weighted by atomic mass is 10.1. The molecule has 5 nitrogen and oxygen atoms in total. The Balaban J connectivity index is 1.59. The lowest BCUT2D eigenvalue weighted by Gasteiger charge is -2.20. The lowest BCUT2D eigenvalue weighted by Crippen LogP contribution is -2.22. The molecule has 0 aliphatic heterocycles. The van der Waals surface area contributed by atoms with Gasteiger partial charge in [0.1, 0.15) is 17.1 Å². The molecule has 0 atom stereocenters. The second-order valence-electron chi connectivity index (χ2n) is 6.04. The molecule has 0 aliphatic rings. The summed E-state index contributed by atoms with van der Waals surface area (Å²) in [6.45, 7) is 2.84. The maximum Gasteiger partial charge on any atom is 0.219 e. The molecule has 0 bridgehead atoms. The van der Waals surface area contributed by atoms with Crippen LogP contribution < -0.4 is 9.64 Å². The van der Waals surface area contributed by atoms with Crippen LogP contribution in [-0.2, 0) is 12.8 Å². The highest BCUT2D eigenvalue weighted by atomic mass is 127. The van der Waals surface area contributed by atoms with Gasteiger partial charge in [-0.25, -0.2) is 15.0 Å². The smallest absolute Gasteiger partial charge is 0.219 e. The van der Waals surface area contributed by atoms with Gasteiger partial charge in [-0.05, 0) is 59.2 Å². The van der Waals surface area contributed by atoms with Crippen molar-refractivity contribution >= 4 is 40.0 Å². The van der Waals surface area contributed by atoms with Crippen LogP contribution in [0.3, 0.4) is 0 Å². The zero-order valence-electron chi connectivity index (χ0n) is 15.2. The van der Waals surface area contributed by atoms with Crippen molar-refractivity contribution in [3.63, 3.8) is 0 Å². The summed E-state index contributed by atoms with van der Waals surface area (Å²) in [6.07, 6.45) is 5.02. The zero-order valence-corrected chi connectivity index (χ0v) is 18.1. The van der Waals surface area contributed by atoms with Crippen molar-refractivity contribution < 1.29 is 4.74 Å². The number of ether oxygens (including phenoxy) is 1. The molecule has 0 N–H and O–H groups in total. The van der Waals surface area contributed by atoms with Crippen LogP contribution in [0.2, 0.25) is 5.02 Å². The fraction of sp³-hybridized carbons (Fsp3) is 0.250. The van der Waals surface area contributed by atoms with E-state index in [-0.39, 0.29) is 0 Å². The molecule has 0 fully saturated rings. The summed E-state index contributed by atoms with van der Waals surface area (Å²) >= 11 is 8.62. The van der Waals surface area contributed by atoms with Gasteiger partial charge in [0.15, 0.2) is 5.82 Å². The molecular formula is C20H20ClIN4O. The molecule has 0 saturated carbocycles. The molecule has 0 saturated heterocycles. The average Bonchev–Trinajstić information content (AvgIpc) is 2.69. The van der Waals surface area contributed by atoms with Gasteiger partial charge in [-0.1, -0.05) is 30.7 Å². The molecule has 0 aliphatic carbocycles. The highest BCUT2D eigenvalue weighted by molar-refractivity contribution is 14.1. The predicted octanol–water partition coefficient (Wildman–Crippen LogP) is 5.16. The molecule has 7 heteroatoms. The number of hydrogen-bond donors (Lipinski definition) is 0. The second kappa shape index (κ2) is 9.32. The van der Waals surface area contributed by atoms with E-state index in [0.717, 1.165) is 40.2 Å². The normalized spacial score (nSPS) is 10.7. The molecule has 0 spiro atoms. The molecular weight excluding hydrogens is 475 g/mol. The number of pyridine rings is 1. The zero-order chi connectivity index (χ0) is 19.2. The first kappa shape index (κ1) is 19.8. The van der Waals surface area contributed by atoms with Crippen molar-refractivity contribution in [2.45, 2.75) is 19.8 Å². The third kappa shape index (κ3) is 5.29. The highest BCUT2D eigenvalue weighted by Gasteiger charge is 2.12. The monoisotopic (exact) mass is 494 g/mol. The van der Waals surface area contributed by atoms with E-state index in [1.54, 1.807) is 12.5 Å². The third-order valence-corrected chi connectivity index (χ3v) is 5.15. The maximum atomic E-state index is 6.40. The standard InChI is InChI=1S/C20H20ClIN4O/c1-3-17-19(21)20(25-13-24-17)26(2)11-10-14-4-7-16(8-5-14)27-18-9-6-15(22)12-23-18/h4-9,12-13H,3,10-11H2,1-2H3. The van der Waals surface area contributed by atoms with Crippen LogP contribution in [-0.4, -0.2) is 28.5 Å². The summed E-state index contributed by atoms with van der Waals surface area (Å²) in [4.78, 5) is 14.8. The molecule has 2 heterocycles. The summed E-state index contributed by atoms with van der Waals surface area (Å²) in [5.41, 5.74) is 2.09. The van der Waals surface area contributed by atoms with Crippen LogP contribution in [0.25, 0.3) is 0 Å². The number of hydrogen-bond acceptors (Lipinski definition) is 5. The number of aromatic nitrogens is 3. The minimum atomic E-state index is 0.591. The predicted molar refractivity (Wildman–Crippen MR) is 117 cm³/mol. The first-order valence-electron chi connectivity index (χ1n) is 8.65. The van der Waals surface area contributed by atoms with E-state index >= 15 is 0 Å². The number of benzene rings is 1. The van der Waals surface area contributed by atoms with Gasteiger partial charge in [0.25, 0.3) is 0 Å². The van der Waals surface area contributed by atoms with Crippen molar-refractivity contribution in [2.75, 3.05) is 18.5 Å². The molecule has 27 heavy (non-hydrogen) atoms. The largest absolute Gasteiger partial charge is 0.439 e. The summed E-state index contributed by atoms with van der Waals surface area (Å²) in [7, 11) is 1.99. The third-order valence-electron chi connectivity index (χ3n) is 4.12. The second-order valence-corrected chi connectivity index (χ2v) is 7.67. The van der Waals surface area contributed by atoms with Crippen LogP contribution >= 0.6 is 34.2 Å². The van der Waals surface area contributed by atoms with E-state index < -0.39 is 0 Å². The van der Waals surface area contributed by atoms with Gasteiger partial charge in [-0.15, -0.1) is 0 Å². The average molecular weight is 495 g/mol. The van der Waals surface area contributed by atoms with E-state index in [1.807, 2.05) is 38.2 Å². The first-order chi connectivity index (χ1) is 13.1. The van der Waals surface area contributed by atoms with E-state index in [9.17, 15) is 0 Å². The summed E-state index contributed by atoms with van der Waals surface area (Å²) in [5.74, 6) is 2.13. The van der Waals surface area contributed by atoms with Crippen LogP contribution in [0.15, 0.2) is 48.9 Å². The maximum absolute atomic E-state index is 6.40. The first-order valence-corrected chi connectivity index (χ1v) is 10.1. The van der Waals surface area contributed by atoms with Crippen molar-refractivity contribution in [2.24, 2.45) is 0 Å². The number of halogens is 2. The Morgan fingerprint density at radius 1 is 1.07 bits per heavy atom. The van der Waals surface area contributed by atoms with Crippen molar-refractivity contribution in [1.29, 1.82) is 0 Å². The summed E-state index contributed by atoms with van der Waals surface area (Å²) in [6, 6.07) is 11.9. The molecule has 3 aromatic rings. The lowest BCUT2D eigenvalue weighted by molar-refractivity contribution is 0.462. The molecule has 140 valence electrons. The van der Waals surface area contributed by atoms with Gasteiger partial charge in [0.05, 0.1) is 5.69 Å². The fourth-order valence-corrected chi connectivity index (χ4v) is 3.27. The Labute approximate surface area is 177 Å². The van der Waals surface area contributed by atoms with Gasteiger partial charge >= 0.3 is 0 Å². The van der Waals surface area contributed by atoms with Crippen molar-refractivity contribution in [3.8, 4) is 11.6 Å². The Bertz CT molecular complexity index is 887. The van der Waals surface area contributed by atoms with Crippen LogP contribution in [0.5, 0.6) is 11.6 Å². The van der Waals surface area contributed by atoms with E-state index in [4.69, 9.17) is 16.3 Å². The Morgan fingerprint density at radius 2 is 1.85 bits per heavy atom. The van der Waals surface area contributed by atoms with Crippen molar-refractivity contribution in [3.05, 3.63) is 68.8 Å². The number of rotatable bonds is 7. The van der Waals surface area contributed by atoms with Crippen molar-refractivity contribution in [1.82, 2.24) is 15.0 Å². The van der Waals surface area contributed by atoms with E-state index in [1.165, 1.54) is 5.56 Å². The minimum absolute atomic E-state index is 0.591. The van der Waals surface area contributed by atoms with Crippen LogP contribution in [0.4, 0.5) is 5.82 Å². The molecule has 2 aromatic heterocycles. The highest BCUT2D eigenvalue weighted by Crippen LogP contribution is 2.25. The van der Waals surface area contributed by atoms with E-state index in [0.29, 0.717) is 10.9 Å². The van der Waals surface area contributed by atoms with Gasteiger partial charge < -0.3 is 9.64 Å². The Morgan fingerprint density at radius 3 is 2.52 bits per heavy atom. The minimum Gasteiger partial charge on any atom is -0.439 e. The van der Waals surface area contributed by atoms with Crippen LogP contribution in [0, 0.1) is 3.57 Å². The molecule has 0 unspecified atom stereocenters. The molecule has 0 amide bonds. The molecule has 0 radical (unpaired) electrons. The topological polar surface area (TPSA) is 51.1 Å². The SMILES string of the molecule is CCc1ncnc(N(C)CCc2ccc(Oc3ccc(I)cn3)cc2)c1Cl. The molecule has 3 rings (SSSR count). The Kier molecular flexibility index (Phi) is 6.84. The van der Waals surface area contributed by atoms with Crippen LogP contribution in [0.1, 0.15) is 18.2 Å². The number of aryl methyl sites for hydroxylation is 1. The summed E-state index contributed by atoms with van der Waals surface area (Å²) < 4.78 is 6.84. The summed E-state index contributed by atoms with van der Waals surface area (Å²) in [5, 5.41) is 0.635. The van der Waals surface area contributed by atoms with Gasteiger partial charge in [-0.2, -0.15) is 0 Å². The number of anilines is 1. The number of likely N-dealkylation sites (N-methyl/N-ethyl adjacent to an activating group) is 1. The van der Waals surface area contributed by atoms with Gasteiger partial charge in [-0.3, -0.25) is 0 Å². The van der Waals surface area contributed by atoms with E-state index in [2.05, 4.69) is 54.6 Å². The Hall–Kier alpha value is -1.93. The van der Waals surface area contributed by atoms with Gasteiger partial charge in [0, 0.05) is 29.4 Å².